The van der Waals surface area contributed by atoms with E-state index in [1.807, 2.05) is 0 Å². The average molecular weight is 287 g/mol. The molecule has 0 spiro atoms. The molecule has 108 valence electrons. The standard InChI is InChI=1S/C12H12F3N3O2/c1-2-11(19)18-7-10(16-17-18)8-3-5-9(6-4-8)20-12(13,14)15/h3-7,11,19H,2H2,1H3. The summed E-state index contributed by atoms with van der Waals surface area (Å²) in [7, 11) is 0. The van der Waals surface area contributed by atoms with Gasteiger partial charge in [0.25, 0.3) is 0 Å². The third-order valence-corrected chi connectivity index (χ3v) is 2.56. The van der Waals surface area contributed by atoms with Crippen LogP contribution in [0.25, 0.3) is 11.3 Å². The molecule has 1 unspecified atom stereocenters. The Morgan fingerprint density at radius 2 is 1.95 bits per heavy atom. The van der Waals surface area contributed by atoms with Gasteiger partial charge in [-0.1, -0.05) is 12.1 Å². The summed E-state index contributed by atoms with van der Waals surface area (Å²) < 4.78 is 41.1. The number of alkyl halides is 3. The summed E-state index contributed by atoms with van der Waals surface area (Å²) in [6, 6.07) is 5.26. The van der Waals surface area contributed by atoms with Crippen molar-refractivity contribution in [2.75, 3.05) is 0 Å². The van der Waals surface area contributed by atoms with E-state index in [2.05, 4.69) is 15.0 Å². The molecule has 8 heteroatoms. The fourth-order valence-electron chi connectivity index (χ4n) is 1.57. The maximum absolute atomic E-state index is 12.0. The molecule has 0 bridgehead atoms. The van der Waals surface area contributed by atoms with Crippen molar-refractivity contribution in [2.24, 2.45) is 0 Å². The van der Waals surface area contributed by atoms with Crippen LogP contribution in [0.5, 0.6) is 5.75 Å². The first-order valence-corrected chi connectivity index (χ1v) is 5.85. The third-order valence-electron chi connectivity index (χ3n) is 2.56. The predicted octanol–water partition coefficient (Wildman–Crippen LogP) is 2.74. The molecule has 0 aliphatic rings. The van der Waals surface area contributed by atoms with Crippen LogP contribution in [-0.4, -0.2) is 26.5 Å². The van der Waals surface area contributed by atoms with E-state index in [9.17, 15) is 18.3 Å². The molecule has 0 amide bonds. The van der Waals surface area contributed by atoms with Gasteiger partial charge >= 0.3 is 6.36 Å². The summed E-state index contributed by atoms with van der Waals surface area (Å²) in [6.07, 6.45) is -3.49. The van der Waals surface area contributed by atoms with Gasteiger partial charge in [-0.3, -0.25) is 0 Å². The van der Waals surface area contributed by atoms with Crippen molar-refractivity contribution in [2.45, 2.75) is 25.9 Å². The Labute approximate surface area is 112 Å². The molecular weight excluding hydrogens is 275 g/mol. The van der Waals surface area contributed by atoms with Crippen LogP contribution in [0.3, 0.4) is 0 Å². The Kier molecular flexibility index (Phi) is 3.93. The second kappa shape index (κ2) is 5.49. The lowest BCUT2D eigenvalue weighted by atomic mass is 10.2. The molecule has 2 aromatic rings. The van der Waals surface area contributed by atoms with E-state index >= 15 is 0 Å². The van der Waals surface area contributed by atoms with Gasteiger partial charge in [0.05, 0.1) is 6.20 Å². The van der Waals surface area contributed by atoms with Gasteiger partial charge in [-0.15, -0.1) is 18.3 Å². The number of ether oxygens (including phenoxy) is 1. The van der Waals surface area contributed by atoms with Gasteiger partial charge in [0.1, 0.15) is 17.7 Å². The fraction of sp³-hybridized carbons (Fsp3) is 0.333. The molecule has 0 fully saturated rings. The Hall–Kier alpha value is -2.09. The SMILES string of the molecule is CCC(O)n1cc(-c2ccc(OC(F)(F)F)cc2)nn1. The predicted molar refractivity (Wildman–Crippen MR) is 63.7 cm³/mol. The van der Waals surface area contributed by atoms with Crippen LogP contribution in [0, 0.1) is 0 Å². The van der Waals surface area contributed by atoms with Crippen molar-refractivity contribution in [3.05, 3.63) is 30.5 Å². The zero-order valence-electron chi connectivity index (χ0n) is 10.5. The summed E-state index contributed by atoms with van der Waals surface area (Å²) >= 11 is 0. The van der Waals surface area contributed by atoms with Crippen molar-refractivity contribution in [1.82, 2.24) is 15.0 Å². The molecule has 1 atom stereocenters. The van der Waals surface area contributed by atoms with Crippen molar-refractivity contribution < 1.29 is 23.0 Å². The van der Waals surface area contributed by atoms with E-state index in [0.717, 1.165) is 0 Å². The smallest absolute Gasteiger partial charge is 0.406 e. The van der Waals surface area contributed by atoms with Gasteiger partial charge in [-0.2, -0.15) is 0 Å². The van der Waals surface area contributed by atoms with E-state index in [4.69, 9.17) is 0 Å². The number of hydrogen-bond donors (Lipinski definition) is 1. The fourth-order valence-corrected chi connectivity index (χ4v) is 1.57. The molecule has 0 saturated carbocycles. The van der Waals surface area contributed by atoms with Gasteiger partial charge in [0.2, 0.25) is 0 Å². The summed E-state index contributed by atoms with van der Waals surface area (Å²) in [4.78, 5) is 0. The monoisotopic (exact) mass is 287 g/mol. The molecule has 0 aliphatic carbocycles. The highest BCUT2D eigenvalue weighted by molar-refractivity contribution is 5.58. The lowest BCUT2D eigenvalue weighted by Crippen LogP contribution is -2.16. The normalized spacial score (nSPS) is 13.2. The second-order valence-corrected chi connectivity index (χ2v) is 4.04. The van der Waals surface area contributed by atoms with Gasteiger partial charge < -0.3 is 9.84 Å². The van der Waals surface area contributed by atoms with Crippen molar-refractivity contribution in [3.63, 3.8) is 0 Å². The van der Waals surface area contributed by atoms with Crippen LogP contribution >= 0.6 is 0 Å². The lowest BCUT2D eigenvalue weighted by molar-refractivity contribution is -0.274. The minimum Gasteiger partial charge on any atom is -0.406 e. The van der Waals surface area contributed by atoms with Crippen molar-refractivity contribution in [3.8, 4) is 17.0 Å². The Balaban J connectivity index is 2.15. The highest BCUT2D eigenvalue weighted by Crippen LogP contribution is 2.25. The van der Waals surface area contributed by atoms with Crippen molar-refractivity contribution in [1.29, 1.82) is 0 Å². The topological polar surface area (TPSA) is 60.2 Å². The summed E-state index contributed by atoms with van der Waals surface area (Å²) in [5.74, 6) is -0.303. The van der Waals surface area contributed by atoms with Gasteiger partial charge in [-0.25, -0.2) is 4.68 Å². The first kappa shape index (κ1) is 14.3. The lowest BCUT2D eigenvalue weighted by Gasteiger charge is -2.08. The molecule has 20 heavy (non-hydrogen) atoms. The van der Waals surface area contributed by atoms with Gasteiger partial charge in [0.15, 0.2) is 0 Å². The zero-order chi connectivity index (χ0) is 14.8. The van der Waals surface area contributed by atoms with Gasteiger partial charge in [0, 0.05) is 5.56 Å². The first-order valence-electron chi connectivity index (χ1n) is 5.85. The summed E-state index contributed by atoms with van der Waals surface area (Å²) in [6.45, 7) is 1.79. The Morgan fingerprint density at radius 1 is 1.30 bits per heavy atom. The van der Waals surface area contributed by atoms with E-state index in [1.165, 1.54) is 35.1 Å². The van der Waals surface area contributed by atoms with Crippen LogP contribution in [0.2, 0.25) is 0 Å². The van der Waals surface area contributed by atoms with Crippen molar-refractivity contribution >= 4 is 0 Å². The van der Waals surface area contributed by atoms with E-state index in [-0.39, 0.29) is 5.75 Å². The second-order valence-electron chi connectivity index (χ2n) is 4.04. The average Bonchev–Trinajstić information content (AvgIpc) is 2.86. The molecule has 1 heterocycles. The highest BCUT2D eigenvalue weighted by Gasteiger charge is 2.30. The Bertz CT molecular complexity index is 566. The largest absolute Gasteiger partial charge is 0.573 e. The van der Waals surface area contributed by atoms with Crippen LogP contribution in [-0.2, 0) is 0 Å². The third kappa shape index (κ3) is 3.47. The number of halogens is 3. The minimum absolute atomic E-state index is 0.303. The summed E-state index contributed by atoms with van der Waals surface area (Å²) in [5.41, 5.74) is 1.03. The number of benzene rings is 1. The van der Waals surface area contributed by atoms with Crippen LogP contribution < -0.4 is 4.74 Å². The number of aliphatic hydroxyl groups excluding tert-OH is 1. The molecule has 0 aliphatic heterocycles. The first-order chi connectivity index (χ1) is 9.39. The molecule has 2 rings (SSSR count). The Morgan fingerprint density at radius 3 is 2.50 bits per heavy atom. The highest BCUT2D eigenvalue weighted by atomic mass is 19.4. The van der Waals surface area contributed by atoms with E-state index < -0.39 is 12.6 Å². The van der Waals surface area contributed by atoms with Crippen LogP contribution in [0.1, 0.15) is 19.6 Å². The van der Waals surface area contributed by atoms with E-state index in [1.54, 1.807) is 6.92 Å². The molecule has 1 N–H and O–H groups in total. The molecule has 0 radical (unpaired) electrons. The van der Waals surface area contributed by atoms with Crippen LogP contribution in [0.15, 0.2) is 30.5 Å². The number of hydrogen-bond acceptors (Lipinski definition) is 4. The quantitative estimate of drug-likeness (QED) is 0.939. The van der Waals surface area contributed by atoms with E-state index in [0.29, 0.717) is 17.7 Å². The molecule has 0 saturated heterocycles. The number of rotatable bonds is 4. The summed E-state index contributed by atoms with van der Waals surface area (Å²) in [5, 5.41) is 17.2. The number of aromatic nitrogens is 3. The molecule has 5 nitrogen and oxygen atoms in total. The molecular formula is C12H12F3N3O2. The maximum Gasteiger partial charge on any atom is 0.573 e. The molecule has 1 aromatic carbocycles. The molecule has 1 aromatic heterocycles. The maximum atomic E-state index is 12.0. The van der Waals surface area contributed by atoms with Gasteiger partial charge in [-0.05, 0) is 30.7 Å². The van der Waals surface area contributed by atoms with Crippen LogP contribution in [0.4, 0.5) is 13.2 Å². The number of aliphatic hydroxyl groups is 1. The zero-order valence-corrected chi connectivity index (χ0v) is 10.5. The minimum atomic E-state index is -4.71. The number of nitrogens with zero attached hydrogens (tertiary/aromatic N) is 3.